The Morgan fingerprint density at radius 3 is 2.24 bits per heavy atom. The molecule has 0 aliphatic heterocycles. The maximum atomic E-state index is 13.0. The van der Waals surface area contributed by atoms with Crippen LogP contribution in [0.5, 0.6) is 0 Å². The Labute approximate surface area is 127 Å². The van der Waals surface area contributed by atoms with Gasteiger partial charge in [-0.1, -0.05) is 26.0 Å². The fourth-order valence-electron chi connectivity index (χ4n) is 2.22. The summed E-state index contributed by atoms with van der Waals surface area (Å²) >= 11 is 0. The first-order chi connectivity index (χ1) is 9.86. The topological polar surface area (TPSA) is 32.7 Å². The molecule has 3 nitrogen and oxygen atoms in total. The van der Waals surface area contributed by atoms with Gasteiger partial charge in [0.25, 0.3) is 0 Å². The van der Waals surface area contributed by atoms with E-state index in [9.17, 15) is 9.50 Å². The molecule has 1 rings (SSSR count). The number of ether oxygens (including phenoxy) is 1. The lowest BCUT2D eigenvalue weighted by Crippen LogP contribution is -2.37. The summed E-state index contributed by atoms with van der Waals surface area (Å²) in [6.07, 6.45) is -0.387. The Balaban J connectivity index is 2.56. The Morgan fingerprint density at radius 2 is 1.71 bits per heavy atom. The quantitative estimate of drug-likeness (QED) is 0.760. The van der Waals surface area contributed by atoms with Gasteiger partial charge in [-0.2, -0.15) is 0 Å². The maximum absolute atomic E-state index is 13.0. The number of halogens is 1. The minimum absolute atomic E-state index is 0.121. The van der Waals surface area contributed by atoms with E-state index in [2.05, 4.69) is 18.7 Å². The van der Waals surface area contributed by atoms with E-state index in [0.29, 0.717) is 25.6 Å². The van der Waals surface area contributed by atoms with Crippen LogP contribution in [0, 0.1) is 11.7 Å². The lowest BCUT2D eigenvalue weighted by Gasteiger charge is -2.27. The third-order valence-electron chi connectivity index (χ3n) is 3.03. The Hall–Kier alpha value is -0.970. The summed E-state index contributed by atoms with van der Waals surface area (Å²) in [5.74, 6) is 0.281. The van der Waals surface area contributed by atoms with Gasteiger partial charge < -0.3 is 9.84 Å². The van der Waals surface area contributed by atoms with Gasteiger partial charge in [-0.25, -0.2) is 4.39 Å². The predicted octanol–water partition coefficient (Wildman–Crippen LogP) is 3.07. The highest BCUT2D eigenvalue weighted by atomic mass is 19.1. The van der Waals surface area contributed by atoms with Gasteiger partial charge >= 0.3 is 0 Å². The molecule has 1 aromatic rings. The molecule has 0 amide bonds. The highest BCUT2D eigenvalue weighted by Gasteiger charge is 2.14. The van der Waals surface area contributed by atoms with Crippen molar-refractivity contribution in [3.63, 3.8) is 0 Å². The second-order valence-corrected chi connectivity index (χ2v) is 6.25. The molecule has 120 valence electrons. The minimum Gasteiger partial charge on any atom is -0.389 e. The zero-order valence-electron chi connectivity index (χ0n) is 13.6. The van der Waals surface area contributed by atoms with Crippen LogP contribution in [0.4, 0.5) is 4.39 Å². The van der Waals surface area contributed by atoms with Gasteiger partial charge in [0.15, 0.2) is 0 Å². The zero-order chi connectivity index (χ0) is 15.8. The monoisotopic (exact) mass is 297 g/mol. The van der Waals surface area contributed by atoms with Gasteiger partial charge in [0.05, 0.1) is 18.8 Å². The molecule has 0 aliphatic rings. The second kappa shape index (κ2) is 9.13. The molecule has 0 aromatic heterocycles. The average molecular weight is 297 g/mol. The van der Waals surface area contributed by atoms with Crippen molar-refractivity contribution in [1.82, 2.24) is 4.90 Å². The summed E-state index contributed by atoms with van der Waals surface area (Å²) in [4.78, 5) is 2.19. The third kappa shape index (κ3) is 8.15. The molecule has 1 aromatic carbocycles. The standard InChI is InChI=1S/C17H28FNO2/c1-13(2)9-19(11-17(20)12-21-14(3)4)10-15-5-7-16(18)8-6-15/h5-8,13-14,17,20H,9-12H2,1-4H3. The van der Waals surface area contributed by atoms with Crippen molar-refractivity contribution >= 4 is 0 Å². The van der Waals surface area contributed by atoms with E-state index < -0.39 is 6.10 Å². The van der Waals surface area contributed by atoms with E-state index in [4.69, 9.17) is 4.74 Å². The molecule has 0 radical (unpaired) electrons. The highest BCUT2D eigenvalue weighted by Crippen LogP contribution is 2.10. The van der Waals surface area contributed by atoms with Gasteiger partial charge in [0.1, 0.15) is 5.82 Å². The van der Waals surface area contributed by atoms with Crippen molar-refractivity contribution in [2.24, 2.45) is 5.92 Å². The van der Waals surface area contributed by atoms with E-state index in [1.165, 1.54) is 12.1 Å². The minimum atomic E-state index is -0.508. The molecule has 0 heterocycles. The highest BCUT2D eigenvalue weighted by molar-refractivity contribution is 5.15. The molecular formula is C17H28FNO2. The first-order valence-corrected chi connectivity index (χ1v) is 7.63. The molecule has 0 saturated carbocycles. The largest absolute Gasteiger partial charge is 0.389 e. The molecule has 1 unspecified atom stereocenters. The number of hydrogen-bond donors (Lipinski definition) is 1. The van der Waals surface area contributed by atoms with E-state index >= 15 is 0 Å². The summed E-state index contributed by atoms with van der Waals surface area (Å²) < 4.78 is 18.4. The zero-order valence-corrected chi connectivity index (χ0v) is 13.6. The molecule has 1 N–H and O–H groups in total. The van der Waals surface area contributed by atoms with Gasteiger partial charge in [-0.3, -0.25) is 4.90 Å². The van der Waals surface area contributed by atoms with Crippen LogP contribution >= 0.6 is 0 Å². The number of aliphatic hydroxyl groups is 1. The van der Waals surface area contributed by atoms with Gasteiger partial charge in [0.2, 0.25) is 0 Å². The van der Waals surface area contributed by atoms with Crippen molar-refractivity contribution in [2.45, 2.75) is 46.4 Å². The number of nitrogens with zero attached hydrogens (tertiary/aromatic N) is 1. The van der Waals surface area contributed by atoms with Crippen molar-refractivity contribution in [3.8, 4) is 0 Å². The first kappa shape index (κ1) is 18.1. The van der Waals surface area contributed by atoms with Crippen molar-refractivity contribution in [1.29, 1.82) is 0 Å². The smallest absolute Gasteiger partial charge is 0.123 e. The van der Waals surface area contributed by atoms with Crippen LogP contribution < -0.4 is 0 Å². The number of rotatable bonds is 9. The Bertz CT molecular complexity index is 392. The molecule has 1 atom stereocenters. The number of benzene rings is 1. The van der Waals surface area contributed by atoms with Crippen LogP contribution in [-0.2, 0) is 11.3 Å². The van der Waals surface area contributed by atoms with E-state index in [-0.39, 0.29) is 11.9 Å². The summed E-state index contributed by atoms with van der Waals surface area (Å²) in [7, 11) is 0. The lowest BCUT2D eigenvalue weighted by atomic mass is 10.1. The van der Waals surface area contributed by atoms with Crippen LogP contribution in [0.25, 0.3) is 0 Å². The van der Waals surface area contributed by atoms with Gasteiger partial charge in [-0.15, -0.1) is 0 Å². The van der Waals surface area contributed by atoms with Crippen molar-refractivity contribution in [3.05, 3.63) is 35.6 Å². The normalized spacial score (nSPS) is 13.4. The van der Waals surface area contributed by atoms with E-state index in [0.717, 1.165) is 12.1 Å². The molecule has 0 bridgehead atoms. The van der Waals surface area contributed by atoms with E-state index in [1.54, 1.807) is 12.1 Å². The molecule has 0 saturated heterocycles. The van der Waals surface area contributed by atoms with Crippen molar-refractivity contribution in [2.75, 3.05) is 19.7 Å². The Kier molecular flexibility index (Phi) is 7.86. The van der Waals surface area contributed by atoms with Crippen molar-refractivity contribution < 1.29 is 14.2 Å². The SMILES string of the molecule is CC(C)CN(Cc1ccc(F)cc1)CC(O)COC(C)C. The number of aliphatic hydroxyl groups excluding tert-OH is 1. The number of hydrogen-bond acceptors (Lipinski definition) is 3. The van der Waals surface area contributed by atoms with Crippen LogP contribution in [-0.4, -0.2) is 41.9 Å². The predicted molar refractivity (Wildman–Crippen MR) is 83.6 cm³/mol. The van der Waals surface area contributed by atoms with Gasteiger partial charge in [0, 0.05) is 19.6 Å². The Morgan fingerprint density at radius 1 is 1.10 bits per heavy atom. The van der Waals surface area contributed by atoms with Crippen LogP contribution in [0.1, 0.15) is 33.3 Å². The molecule has 0 fully saturated rings. The lowest BCUT2D eigenvalue weighted by molar-refractivity contribution is -0.0108. The fraction of sp³-hybridized carbons (Fsp3) is 0.647. The molecule has 0 spiro atoms. The summed E-state index contributed by atoms with van der Waals surface area (Å²) in [6, 6.07) is 6.53. The second-order valence-electron chi connectivity index (χ2n) is 6.25. The van der Waals surface area contributed by atoms with Crippen LogP contribution in [0.15, 0.2) is 24.3 Å². The molecule has 21 heavy (non-hydrogen) atoms. The van der Waals surface area contributed by atoms with Crippen LogP contribution in [0.3, 0.4) is 0 Å². The fourth-order valence-corrected chi connectivity index (χ4v) is 2.22. The first-order valence-electron chi connectivity index (χ1n) is 7.63. The van der Waals surface area contributed by atoms with Crippen LogP contribution in [0.2, 0.25) is 0 Å². The van der Waals surface area contributed by atoms with E-state index in [1.807, 2.05) is 13.8 Å². The van der Waals surface area contributed by atoms with Gasteiger partial charge in [-0.05, 0) is 37.5 Å². The average Bonchev–Trinajstić information content (AvgIpc) is 2.38. The summed E-state index contributed by atoms with van der Waals surface area (Å²) in [5.41, 5.74) is 1.05. The maximum Gasteiger partial charge on any atom is 0.123 e. The summed E-state index contributed by atoms with van der Waals surface area (Å²) in [6.45, 7) is 10.7. The molecule has 4 heteroatoms. The summed E-state index contributed by atoms with van der Waals surface area (Å²) in [5, 5.41) is 10.1. The molecule has 0 aliphatic carbocycles. The molecular weight excluding hydrogens is 269 g/mol. The third-order valence-corrected chi connectivity index (χ3v) is 3.03.